The van der Waals surface area contributed by atoms with Crippen LogP contribution in [-0.4, -0.2) is 52.9 Å². The first kappa shape index (κ1) is 20.2. The molecule has 136 valence electrons. The molecule has 0 aromatic heterocycles. The fourth-order valence-electron chi connectivity index (χ4n) is 2.04. The quantitative estimate of drug-likeness (QED) is 0.365. The first-order valence-corrected chi connectivity index (χ1v) is 9.63. The van der Waals surface area contributed by atoms with Crippen molar-refractivity contribution in [3.8, 4) is 5.75 Å². The lowest BCUT2D eigenvalue weighted by atomic mass is 10.1. The minimum Gasteiger partial charge on any atom is -0.492 e. The highest BCUT2D eigenvalue weighted by atomic mass is 32.2. The van der Waals surface area contributed by atoms with Gasteiger partial charge in [0.2, 0.25) is 10.0 Å². The third kappa shape index (κ3) is 8.73. The van der Waals surface area contributed by atoms with Gasteiger partial charge in [-0.3, -0.25) is 4.99 Å². The van der Waals surface area contributed by atoms with E-state index in [-0.39, 0.29) is 0 Å². The fraction of sp³-hybridized carbons (Fsp3) is 0.562. The molecule has 0 atom stereocenters. The Balaban J connectivity index is 2.33. The molecule has 0 aliphatic heterocycles. The van der Waals surface area contributed by atoms with Gasteiger partial charge in [-0.15, -0.1) is 0 Å². The van der Waals surface area contributed by atoms with Crippen LogP contribution in [0, 0.1) is 6.92 Å². The number of aryl methyl sites for hydroxylation is 1. The number of aliphatic imine (C=N–C) groups is 1. The molecule has 3 N–H and O–H groups in total. The standard InChI is InChI=1S/C16H28N4O3S/c1-13-6-8-14(9-7-13)23-11-10-18-15(17-4)19-12-16(2,3)20-24(5,21)22/h6-9,20H,10-12H2,1-5H3,(H2,17,18,19). The molecule has 1 aromatic carbocycles. The van der Waals surface area contributed by atoms with Crippen LogP contribution in [0.15, 0.2) is 29.3 Å². The number of ether oxygens (including phenoxy) is 1. The van der Waals surface area contributed by atoms with Crippen LogP contribution in [0.3, 0.4) is 0 Å². The molecular formula is C16H28N4O3S. The number of hydrogen-bond acceptors (Lipinski definition) is 4. The summed E-state index contributed by atoms with van der Waals surface area (Å²) in [5.74, 6) is 1.41. The number of guanidine groups is 1. The van der Waals surface area contributed by atoms with Crippen LogP contribution in [0.25, 0.3) is 0 Å². The maximum Gasteiger partial charge on any atom is 0.209 e. The van der Waals surface area contributed by atoms with E-state index >= 15 is 0 Å². The van der Waals surface area contributed by atoms with Crippen LogP contribution in [0.4, 0.5) is 0 Å². The summed E-state index contributed by atoms with van der Waals surface area (Å²) in [6.45, 7) is 7.10. The fourth-order valence-corrected chi connectivity index (χ4v) is 3.11. The van der Waals surface area contributed by atoms with E-state index in [4.69, 9.17) is 4.74 Å². The van der Waals surface area contributed by atoms with E-state index < -0.39 is 15.6 Å². The summed E-state index contributed by atoms with van der Waals surface area (Å²) < 4.78 is 30.9. The van der Waals surface area contributed by atoms with Gasteiger partial charge in [-0.1, -0.05) is 17.7 Å². The molecule has 0 saturated carbocycles. The van der Waals surface area contributed by atoms with Crippen molar-refractivity contribution < 1.29 is 13.2 Å². The average Bonchev–Trinajstić information content (AvgIpc) is 2.46. The van der Waals surface area contributed by atoms with Crippen LogP contribution in [0.1, 0.15) is 19.4 Å². The summed E-state index contributed by atoms with van der Waals surface area (Å²) in [6.07, 6.45) is 1.14. The minimum atomic E-state index is -3.26. The molecule has 1 rings (SSSR count). The molecule has 0 bridgehead atoms. The Labute approximate surface area is 145 Å². The molecular weight excluding hydrogens is 328 g/mol. The van der Waals surface area contributed by atoms with Crippen LogP contribution < -0.4 is 20.1 Å². The molecule has 0 radical (unpaired) electrons. The van der Waals surface area contributed by atoms with Crippen molar-refractivity contribution in [2.75, 3.05) is 33.0 Å². The lowest BCUT2D eigenvalue weighted by molar-refractivity contribution is 0.321. The molecule has 0 aliphatic rings. The summed E-state index contributed by atoms with van der Waals surface area (Å²) in [7, 11) is -1.60. The van der Waals surface area contributed by atoms with Crippen molar-refractivity contribution in [3.63, 3.8) is 0 Å². The van der Waals surface area contributed by atoms with Gasteiger partial charge in [0.15, 0.2) is 5.96 Å². The maximum atomic E-state index is 11.3. The van der Waals surface area contributed by atoms with Gasteiger partial charge < -0.3 is 15.4 Å². The highest BCUT2D eigenvalue weighted by Gasteiger charge is 2.22. The van der Waals surface area contributed by atoms with Crippen molar-refractivity contribution in [1.82, 2.24) is 15.4 Å². The number of rotatable bonds is 8. The van der Waals surface area contributed by atoms with Gasteiger partial charge in [-0.25, -0.2) is 13.1 Å². The number of sulfonamides is 1. The molecule has 0 spiro atoms. The van der Waals surface area contributed by atoms with Crippen molar-refractivity contribution >= 4 is 16.0 Å². The van der Waals surface area contributed by atoms with Gasteiger partial charge in [0.1, 0.15) is 12.4 Å². The summed E-state index contributed by atoms with van der Waals surface area (Å²) in [5.41, 5.74) is 0.569. The van der Waals surface area contributed by atoms with Crippen LogP contribution >= 0.6 is 0 Å². The zero-order valence-corrected chi connectivity index (χ0v) is 15.8. The molecule has 0 saturated heterocycles. The van der Waals surface area contributed by atoms with E-state index in [1.807, 2.05) is 31.2 Å². The smallest absolute Gasteiger partial charge is 0.209 e. The third-order valence-electron chi connectivity index (χ3n) is 3.07. The van der Waals surface area contributed by atoms with E-state index in [2.05, 4.69) is 20.3 Å². The van der Waals surface area contributed by atoms with E-state index in [9.17, 15) is 8.42 Å². The Bertz CT molecular complexity index is 640. The number of nitrogens with zero attached hydrogens (tertiary/aromatic N) is 1. The molecule has 0 heterocycles. The Hall–Kier alpha value is -1.80. The number of hydrogen-bond donors (Lipinski definition) is 3. The Kier molecular flexibility index (Phi) is 7.50. The van der Waals surface area contributed by atoms with Crippen LogP contribution in [0.2, 0.25) is 0 Å². The predicted octanol–water partition coefficient (Wildman–Crippen LogP) is 0.867. The van der Waals surface area contributed by atoms with E-state index in [1.54, 1.807) is 20.9 Å². The van der Waals surface area contributed by atoms with Crippen molar-refractivity contribution in [1.29, 1.82) is 0 Å². The minimum absolute atomic E-state index is 0.401. The molecule has 7 nitrogen and oxygen atoms in total. The lowest BCUT2D eigenvalue weighted by Gasteiger charge is -2.26. The van der Waals surface area contributed by atoms with Crippen molar-refractivity contribution in [3.05, 3.63) is 29.8 Å². The molecule has 0 amide bonds. The Morgan fingerprint density at radius 3 is 2.38 bits per heavy atom. The molecule has 8 heteroatoms. The van der Waals surface area contributed by atoms with Crippen LogP contribution in [-0.2, 0) is 10.0 Å². The van der Waals surface area contributed by atoms with Crippen molar-refractivity contribution in [2.24, 2.45) is 4.99 Å². The van der Waals surface area contributed by atoms with Gasteiger partial charge in [0.25, 0.3) is 0 Å². The molecule has 0 unspecified atom stereocenters. The normalized spacial score (nSPS) is 12.8. The van der Waals surface area contributed by atoms with E-state index in [0.29, 0.717) is 25.7 Å². The number of nitrogens with one attached hydrogen (secondary N) is 3. The summed E-state index contributed by atoms with van der Waals surface area (Å²) >= 11 is 0. The third-order valence-corrected chi connectivity index (χ3v) is 3.99. The number of benzene rings is 1. The monoisotopic (exact) mass is 356 g/mol. The van der Waals surface area contributed by atoms with Crippen LogP contribution in [0.5, 0.6) is 5.75 Å². The lowest BCUT2D eigenvalue weighted by Crippen LogP contribution is -2.53. The zero-order chi connectivity index (χ0) is 18.2. The average molecular weight is 356 g/mol. The largest absolute Gasteiger partial charge is 0.492 e. The van der Waals surface area contributed by atoms with Gasteiger partial charge in [-0.05, 0) is 32.9 Å². The van der Waals surface area contributed by atoms with Gasteiger partial charge in [0.05, 0.1) is 12.8 Å². The second-order valence-electron chi connectivity index (χ2n) is 6.27. The Morgan fingerprint density at radius 2 is 1.83 bits per heavy atom. The first-order valence-electron chi connectivity index (χ1n) is 7.74. The molecule has 0 aliphatic carbocycles. The van der Waals surface area contributed by atoms with E-state index in [1.165, 1.54) is 5.56 Å². The first-order chi connectivity index (χ1) is 11.1. The summed E-state index contributed by atoms with van der Waals surface area (Å²) in [4.78, 5) is 4.11. The second-order valence-corrected chi connectivity index (χ2v) is 8.02. The topological polar surface area (TPSA) is 91.8 Å². The summed E-state index contributed by atoms with van der Waals surface area (Å²) in [6, 6.07) is 7.86. The Morgan fingerprint density at radius 1 is 1.21 bits per heavy atom. The second kappa shape index (κ2) is 8.89. The summed E-state index contributed by atoms with van der Waals surface area (Å²) in [5, 5.41) is 6.22. The van der Waals surface area contributed by atoms with Gasteiger partial charge >= 0.3 is 0 Å². The zero-order valence-electron chi connectivity index (χ0n) is 15.0. The highest BCUT2D eigenvalue weighted by Crippen LogP contribution is 2.10. The molecule has 1 aromatic rings. The maximum absolute atomic E-state index is 11.3. The van der Waals surface area contributed by atoms with Gasteiger partial charge in [-0.2, -0.15) is 0 Å². The van der Waals surface area contributed by atoms with Gasteiger partial charge in [0, 0.05) is 19.1 Å². The molecule has 24 heavy (non-hydrogen) atoms. The predicted molar refractivity (Wildman–Crippen MR) is 98.1 cm³/mol. The van der Waals surface area contributed by atoms with E-state index in [0.717, 1.165) is 12.0 Å². The van der Waals surface area contributed by atoms with Crippen molar-refractivity contribution in [2.45, 2.75) is 26.3 Å². The SMILES string of the molecule is CN=C(NCCOc1ccc(C)cc1)NCC(C)(C)NS(C)(=O)=O. The highest BCUT2D eigenvalue weighted by molar-refractivity contribution is 7.88. The molecule has 0 fully saturated rings.